The van der Waals surface area contributed by atoms with E-state index >= 15 is 0 Å². The highest BCUT2D eigenvalue weighted by Crippen LogP contribution is 2.47. The smallest absolute Gasteiger partial charge is 0.227 e. The van der Waals surface area contributed by atoms with Crippen molar-refractivity contribution >= 4 is 11.6 Å². The van der Waals surface area contributed by atoms with Crippen molar-refractivity contribution in [2.45, 2.75) is 45.1 Å². The van der Waals surface area contributed by atoms with Crippen molar-refractivity contribution in [3.63, 3.8) is 0 Å². The van der Waals surface area contributed by atoms with Crippen molar-refractivity contribution in [3.05, 3.63) is 65.2 Å². The molecule has 5 heteroatoms. The van der Waals surface area contributed by atoms with Crippen molar-refractivity contribution < 1.29 is 13.6 Å². The molecule has 0 aromatic heterocycles. The van der Waals surface area contributed by atoms with Crippen molar-refractivity contribution in [1.29, 1.82) is 0 Å². The summed E-state index contributed by atoms with van der Waals surface area (Å²) in [7, 11) is 0. The van der Waals surface area contributed by atoms with E-state index in [0.717, 1.165) is 42.7 Å². The maximum absolute atomic E-state index is 14.1. The predicted octanol–water partition coefficient (Wildman–Crippen LogP) is 4.89. The minimum atomic E-state index is -0.247. The van der Waals surface area contributed by atoms with Crippen LogP contribution in [-0.4, -0.2) is 30.4 Å². The summed E-state index contributed by atoms with van der Waals surface area (Å²) < 4.78 is 27.6. The molecular formula is C24H28F2N2O. The maximum atomic E-state index is 14.1. The van der Waals surface area contributed by atoms with E-state index < -0.39 is 0 Å². The highest BCUT2D eigenvalue weighted by molar-refractivity contribution is 5.96. The number of hydrogen-bond donors (Lipinski definition) is 0. The summed E-state index contributed by atoms with van der Waals surface area (Å²) in [5.41, 5.74) is 2.62. The Morgan fingerprint density at radius 3 is 2.48 bits per heavy atom. The fourth-order valence-electron chi connectivity index (χ4n) is 4.78. The normalized spacial score (nSPS) is 18.4. The number of likely N-dealkylation sites (tertiary alicyclic amines) is 1. The number of halogens is 2. The number of anilines is 1. The van der Waals surface area contributed by atoms with Crippen molar-refractivity contribution in [2.24, 2.45) is 5.92 Å². The summed E-state index contributed by atoms with van der Waals surface area (Å²) in [5.74, 6) is -0.0538. The molecule has 0 unspecified atom stereocenters. The van der Waals surface area contributed by atoms with Crippen LogP contribution in [-0.2, 0) is 16.8 Å². The number of nitrogens with zero attached hydrogens (tertiary/aromatic N) is 2. The van der Waals surface area contributed by atoms with Crippen LogP contribution in [0.1, 0.15) is 44.2 Å². The van der Waals surface area contributed by atoms with Crippen LogP contribution in [0.3, 0.4) is 0 Å². The van der Waals surface area contributed by atoms with Crippen LogP contribution in [0.2, 0.25) is 0 Å². The van der Waals surface area contributed by atoms with Crippen molar-refractivity contribution in [1.82, 2.24) is 4.90 Å². The van der Waals surface area contributed by atoms with Gasteiger partial charge in [-0.25, -0.2) is 8.78 Å². The lowest BCUT2D eigenvalue weighted by molar-refractivity contribution is -0.119. The molecule has 4 rings (SSSR count). The third-order valence-electron chi connectivity index (χ3n) is 6.27. The minimum Gasteiger partial charge on any atom is -0.311 e. The number of piperidine rings is 1. The highest BCUT2D eigenvalue weighted by atomic mass is 19.1. The molecule has 2 heterocycles. The van der Waals surface area contributed by atoms with Gasteiger partial charge in [-0.1, -0.05) is 26.0 Å². The number of benzene rings is 2. The molecule has 1 amide bonds. The lowest BCUT2D eigenvalue weighted by atomic mass is 9.74. The van der Waals surface area contributed by atoms with Gasteiger partial charge in [-0.2, -0.15) is 0 Å². The van der Waals surface area contributed by atoms with Crippen LogP contribution in [0.4, 0.5) is 14.5 Å². The molecule has 2 aliphatic heterocycles. The summed E-state index contributed by atoms with van der Waals surface area (Å²) >= 11 is 0. The number of fused-ring (bicyclic) bond motifs is 2. The largest absolute Gasteiger partial charge is 0.311 e. The fourth-order valence-corrected chi connectivity index (χ4v) is 4.78. The van der Waals surface area contributed by atoms with E-state index in [2.05, 4.69) is 4.90 Å². The minimum absolute atomic E-state index is 0.118. The molecule has 0 bridgehead atoms. The quantitative estimate of drug-likeness (QED) is 0.732. The van der Waals surface area contributed by atoms with Crippen LogP contribution in [0, 0.1) is 17.6 Å². The second-order valence-electron chi connectivity index (χ2n) is 8.93. The molecule has 0 radical (unpaired) electrons. The second kappa shape index (κ2) is 7.86. The Kier molecular flexibility index (Phi) is 5.43. The van der Waals surface area contributed by atoms with E-state index in [-0.39, 0.29) is 28.9 Å². The molecule has 2 aromatic carbocycles. The zero-order valence-electron chi connectivity index (χ0n) is 17.1. The van der Waals surface area contributed by atoms with E-state index in [4.69, 9.17) is 0 Å². The van der Waals surface area contributed by atoms with Gasteiger partial charge >= 0.3 is 0 Å². The van der Waals surface area contributed by atoms with Gasteiger partial charge in [0.15, 0.2) is 0 Å². The average Bonchev–Trinajstić information content (AvgIpc) is 2.97. The van der Waals surface area contributed by atoms with E-state index in [1.54, 1.807) is 24.3 Å². The molecule has 2 aromatic rings. The lowest BCUT2D eigenvalue weighted by Crippen LogP contribution is -2.45. The third kappa shape index (κ3) is 4.06. The number of rotatable bonds is 4. The summed E-state index contributed by atoms with van der Waals surface area (Å²) in [4.78, 5) is 17.0. The maximum Gasteiger partial charge on any atom is 0.227 e. The van der Waals surface area contributed by atoms with Gasteiger partial charge < -0.3 is 4.90 Å². The Morgan fingerprint density at radius 1 is 1.07 bits per heavy atom. The van der Waals surface area contributed by atoms with E-state index in [1.165, 1.54) is 12.1 Å². The van der Waals surface area contributed by atoms with Gasteiger partial charge in [-0.05, 0) is 73.3 Å². The predicted molar refractivity (Wildman–Crippen MR) is 111 cm³/mol. The van der Waals surface area contributed by atoms with Gasteiger partial charge in [0.2, 0.25) is 5.91 Å². The van der Waals surface area contributed by atoms with Crippen LogP contribution in [0.5, 0.6) is 0 Å². The molecule has 0 N–H and O–H groups in total. The molecular weight excluding hydrogens is 370 g/mol. The summed E-state index contributed by atoms with van der Waals surface area (Å²) in [5, 5.41) is 0. The van der Waals surface area contributed by atoms with Gasteiger partial charge in [0, 0.05) is 30.6 Å². The van der Waals surface area contributed by atoms with E-state index in [0.29, 0.717) is 19.5 Å². The molecule has 1 fully saturated rings. The molecule has 2 aliphatic rings. The van der Waals surface area contributed by atoms with Gasteiger partial charge in [0.1, 0.15) is 11.6 Å². The number of carbonyl (C=O) groups is 1. The number of carbonyl (C=O) groups excluding carboxylic acids is 1. The zero-order chi connectivity index (χ0) is 20.6. The van der Waals surface area contributed by atoms with Crippen LogP contribution < -0.4 is 4.90 Å². The standard InChI is InChI=1S/C24H28F2N2O/c1-17(2)12-23(29)28-16-24(21-14-20(26)6-7-22(21)28)8-10-27(11-9-24)15-18-4-3-5-19(25)13-18/h3-7,13-14,17H,8-12,15-16H2,1-2H3. The zero-order valence-corrected chi connectivity index (χ0v) is 17.1. The first-order chi connectivity index (χ1) is 13.9. The third-order valence-corrected chi connectivity index (χ3v) is 6.27. The van der Waals surface area contributed by atoms with E-state index in [9.17, 15) is 13.6 Å². The monoisotopic (exact) mass is 398 g/mol. The molecule has 1 spiro atoms. The molecule has 0 saturated carbocycles. The van der Waals surface area contributed by atoms with Gasteiger partial charge in [0.25, 0.3) is 0 Å². The molecule has 0 aliphatic carbocycles. The first kappa shape index (κ1) is 20.0. The number of hydrogen-bond acceptors (Lipinski definition) is 2. The van der Waals surface area contributed by atoms with Gasteiger partial charge in [-0.15, -0.1) is 0 Å². The van der Waals surface area contributed by atoms with Crippen LogP contribution in [0.15, 0.2) is 42.5 Å². The number of amides is 1. The first-order valence-electron chi connectivity index (χ1n) is 10.4. The fraction of sp³-hybridized carbons (Fsp3) is 0.458. The SMILES string of the molecule is CC(C)CC(=O)N1CC2(CCN(Cc3cccc(F)c3)CC2)c2cc(F)ccc21. The topological polar surface area (TPSA) is 23.6 Å². The molecule has 154 valence electrons. The summed E-state index contributed by atoms with van der Waals surface area (Å²) in [6.07, 6.45) is 2.23. The van der Waals surface area contributed by atoms with Gasteiger partial charge in [-0.3, -0.25) is 9.69 Å². The lowest BCUT2D eigenvalue weighted by Gasteiger charge is -2.40. The first-order valence-corrected chi connectivity index (χ1v) is 10.4. The second-order valence-corrected chi connectivity index (χ2v) is 8.93. The van der Waals surface area contributed by atoms with Crippen molar-refractivity contribution in [3.8, 4) is 0 Å². The summed E-state index contributed by atoms with van der Waals surface area (Å²) in [6, 6.07) is 11.6. The highest BCUT2D eigenvalue weighted by Gasteiger charge is 2.46. The van der Waals surface area contributed by atoms with Crippen LogP contribution >= 0.6 is 0 Å². The molecule has 0 atom stereocenters. The van der Waals surface area contributed by atoms with Crippen molar-refractivity contribution in [2.75, 3.05) is 24.5 Å². The Balaban J connectivity index is 1.53. The Labute approximate surface area is 171 Å². The Morgan fingerprint density at radius 2 is 1.79 bits per heavy atom. The van der Waals surface area contributed by atoms with Gasteiger partial charge in [0.05, 0.1) is 0 Å². The Bertz CT molecular complexity index is 904. The Hall–Kier alpha value is -2.27. The van der Waals surface area contributed by atoms with Crippen LogP contribution in [0.25, 0.3) is 0 Å². The molecule has 1 saturated heterocycles. The average molecular weight is 398 g/mol. The molecule has 3 nitrogen and oxygen atoms in total. The van der Waals surface area contributed by atoms with E-state index in [1.807, 2.05) is 24.8 Å². The summed E-state index contributed by atoms with van der Waals surface area (Å²) in [6.45, 7) is 7.11. The molecule has 29 heavy (non-hydrogen) atoms.